The first-order valence-electron chi connectivity index (χ1n) is 11.6. The summed E-state index contributed by atoms with van der Waals surface area (Å²) >= 11 is 6.03. The summed E-state index contributed by atoms with van der Waals surface area (Å²) in [6.07, 6.45) is 0. The zero-order chi connectivity index (χ0) is 26.3. The van der Waals surface area contributed by atoms with E-state index < -0.39 is 15.9 Å². The maximum Gasteiger partial charge on any atom is 0.287 e. The first-order chi connectivity index (χ1) is 17.1. The second-order valence-corrected chi connectivity index (χ2v) is 10.7. The van der Waals surface area contributed by atoms with Crippen molar-refractivity contribution >= 4 is 27.6 Å². The minimum atomic E-state index is -3.97. The quantitative estimate of drug-likeness (QED) is 0.328. The minimum Gasteiger partial charge on any atom is -0.483 e. The van der Waals surface area contributed by atoms with Crippen LogP contribution in [0.1, 0.15) is 22.3 Å². The van der Waals surface area contributed by atoms with Crippen LogP contribution in [-0.4, -0.2) is 70.0 Å². The van der Waals surface area contributed by atoms with E-state index in [-0.39, 0.29) is 42.7 Å². The number of hydrogen-bond acceptors (Lipinski definition) is 8. The molecule has 1 saturated heterocycles. The number of carbonyl (C=O) groups excluding carboxylic acids is 1. The highest BCUT2D eigenvalue weighted by atomic mass is 35.5. The molecule has 0 unspecified atom stereocenters. The van der Waals surface area contributed by atoms with E-state index in [2.05, 4.69) is 10.4 Å². The number of amides is 1. The molecule has 0 aliphatic carbocycles. The summed E-state index contributed by atoms with van der Waals surface area (Å²) in [4.78, 5) is 16.7. The molecule has 0 spiro atoms. The van der Waals surface area contributed by atoms with Gasteiger partial charge in [0.1, 0.15) is 17.3 Å². The Hall–Kier alpha value is -2.28. The molecular formula is C24H32ClFN4O5S. The van der Waals surface area contributed by atoms with Crippen LogP contribution in [0.2, 0.25) is 5.02 Å². The van der Waals surface area contributed by atoms with E-state index in [1.807, 2.05) is 13.0 Å². The summed E-state index contributed by atoms with van der Waals surface area (Å²) in [5.74, 6) is -0.660. The largest absolute Gasteiger partial charge is 0.483 e. The Morgan fingerprint density at radius 1 is 1.11 bits per heavy atom. The highest BCUT2D eigenvalue weighted by Gasteiger charge is 2.23. The van der Waals surface area contributed by atoms with Gasteiger partial charge in [-0.3, -0.25) is 9.69 Å². The molecule has 9 nitrogen and oxygen atoms in total. The fraction of sp³-hybridized carbons (Fsp3) is 0.458. The molecule has 1 aliphatic heterocycles. The molecule has 0 bridgehead atoms. The normalized spacial score (nSPS) is 14.8. The third kappa shape index (κ3) is 8.12. The summed E-state index contributed by atoms with van der Waals surface area (Å²) in [7, 11) is -3.97. The van der Waals surface area contributed by atoms with E-state index >= 15 is 0 Å². The lowest BCUT2D eigenvalue weighted by Gasteiger charge is -2.35. The smallest absolute Gasteiger partial charge is 0.287 e. The van der Waals surface area contributed by atoms with Crippen molar-refractivity contribution in [3.05, 3.63) is 63.4 Å². The average Bonchev–Trinajstić information content (AvgIpc) is 2.82. The van der Waals surface area contributed by atoms with Crippen molar-refractivity contribution < 1.29 is 26.6 Å². The Balaban J connectivity index is 1.53. The zero-order valence-corrected chi connectivity index (χ0v) is 22.0. The molecule has 36 heavy (non-hydrogen) atoms. The van der Waals surface area contributed by atoms with Crippen molar-refractivity contribution in [2.75, 3.05) is 45.9 Å². The number of hydrogen-bond donors (Lipinski definition) is 2. The molecule has 3 N–H and O–H groups in total. The summed E-state index contributed by atoms with van der Waals surface area (Å²) in [5, 5.41) is 0.330. The van der Waals surface area contributed by atoms with Gasteiger partial charge in [-0.25, -0.2) is 4.39 Å². The average molecular weight is 543 g/mol. The van der Waals surface area contributed by atoms with Crippen LogP contribution >= 0.6 is 11.6 Å². The molecule has 2 aromatic rings. The molecule has 1 heterocycles. The lowest BCUT2D eigenvalue weighted by atomic mass is 10.0. The maximum absolute atomic E-state index is 13.7. The van der Waals surface area contributed by atoms with Crippen LogP contribution in [0.3, 0.4) is 0 Å². The number of ether oxygens (including phenoxy) is 1. The van der Waals surface area contributed by atoms with E-state index in [0.29, 0.717) is 43.3 Å². The zero-order valence-electron chi connectivity index (χ0n) is 20.4. The van der Waals surface area contributed by atoms with Gasteiger partial charge in [-0.05, 0) is 54.8 Å². The summed E-state index contributed by atoms with van der Waals surface area (Å²) in [6, 6.07) is 7.98. The van der Waals surface area contributed by atoms with Crippen molar-refractivity contribution in [1.82, 2.24) is 15.3 Å². The van der Waals surface area contributed by atoms with Crippen molar-refractivity contribution in [3.63, 3.8) is 0 Å². The SMILES string of the molecule is Cc1cc(CN2CCN(C(=O)COc3ccc(Cl)cc3CS(=O)(=O)ONCCN)CC2)c(C)cc1F. The highest BCUT2D eigenvalue weighted by Crippen LogP contribution is 2.25. The van der Waals surface area contributed by atoms with Gasteiger partial charge in [0, 0.05) is 56.4 Å². The molecule has 1 fully saturated rings. The highest BCUT2D eigenvalue weighted by molar-refractivity contribution is 7.85. The predicted octanol–water partition coefficient (Wildman–Crippen LogP) is 2.13. The standard InChI is InChI=1S/C24H32ClFN4O5S/c1-17-12-22(26)18(2)11-19(17)14-29-7-9-30(10-8-29)24(31)15-34-23-4-3-21(25)13-20(23)16-36(32,33)35-28-6-5-27/h3-4,11-13,28H,5-10,14-16,27H2,1-2H3. The van der Waals surface area contributed by atoms with Crippen molar-refractivity contribution in [1.29, 1.82) is 0 Å². The van der Waals surface area contributed by atoms with Crippen LogP contribution in [-0.2, 0) is 31.5 Å². The molecule has 12 heteroatoms. The predicted molar refractivity (Wildman–Crippen MR) is 135 cm³/mol. The van der Waals surface area contributed by atoms with Gasteiger partial charge in [0.2, 0.25) is 0 Å². The number of benzene rings is 2. The molecule has 1 amide bonds. The number of nitrogens with one attached hydrogen (secondary N) is 1. The van der Waals surface area contributed by atoms with Gasteiger partial charge in [-0.15, -0.1) is 0 Å². The van der Waals surface area contributed by atoms with E-state index in [4.69, 9.17) is 26.4 Å². The topological polar surface area (TPSA) is 114 Å². The monoisotopic (exact) mass is 542 g/mol. The van der Waals surface area contributed by atoms with Gasteiger partial charge in [0.05, 0.1) is 0 Å². The number of nitrogens with two attached hydrogens (primary N) is 1. The first kappa shape index (κ1) is 28.3. The van der Waals surface area contributed by atoms with Gasteiger partial charge in [-0.1, -0.05) is 17.7 Å². The lowest BCUT2D eigenvalue weighted by Crippen LogP contribution is -2.49. The van der Waals surface area contributed by atoms with Gasteiger partial charge in [-0.2, -0.15) is 18.2 Å². The number of carbonyl (C=O) groups is 1. The van der Waals surface area contributed by atoms with E-state index in [0.717, 1.165) is 11.1 Å². The van der Waals surface area contributed by atoms with E-state index in [1.165, 1.54) is 12.1 Å². The fourth-order valence-electron chi connectivity index (χ4n) is 3.85. The summed E-state index contributed by atoms with van der Waals surface area (Å²) in [5.41, 5.74) is 10.5. The van der Waals surface area contributed by atoms with Crippen LogP contribution in [0.15, 0.2) is 30.3 Å². The molecule has 3 rings (SSSR count). The van der Waals surface area contributed by atoms with Crippen LogP contribution in [0.25, 0.3) is 0 Å². The Morgan fingerprint density at radius 2 is 1.83 bits per heavy atom. The molecule has 1 aliphatic rings. The number of halogens is 2. The van der Waals surface area contributed by atoms with E-state index in [1.54, 1.807) is 24.0 Å². The summed E-state index contributed by atoms with van der Waals surface area (Å²) < 4.78 is 48.6. The molecular weight excluding hydrogens is 511 g/mol. The first-order valence-corrected chi connectivity index (χ1v) is 13.5. The van der Waals surface area contributed by atoms with Crippen LogP contribution in [0.5, 0.6) is 5.75 Å². The second kappa shape index (κ2) is 12.8. The van der Waals surface area contributed by atoms with Gasteiger partial charge < -0.3 is 15.4 Å². The summed E-state index contributed by atoms with van der Waals surface area (Å²) in [6.45, 7) is 6.90. The third-order valence-electron chi connectivity index (χ3n) is 5.87. The number of rotatable bonds is 11. The van der Waals surface area contributed by atoms with Crippen LogP contribution in [0, 0.1) is 19.7 Å². The van der Waals surface area contributed by atoms with E-state index in [9.17, 15) is 17.6 Å². The molecule has 0 saturated carbocycles. The molecule has 0 radical (unpaired) electrons. The molecule has 0 aromatic heterocycles. The maximum atomic E-state index is 13.7. The number of hydroxylamine groups is 1. The van der Waals surface area contributed by atoms with Crippen LogP contribution < -0.4 is 16.0 Å². The van der Waals surface area contributed by atoms with Crippen molar-refractivity contribution in [2.24, 2.45) is 5.73 Å². The Bertz CT molecular complexity index is 1170. The second-order valence-electron chi connectivity index (χ2n) is 8.69. The van der Waals surface area contributed by atoms with Gasteiger partial charge in [0.15, 0.2) is 6.61 Å². The van der Waals surface area contributed by atoms with Gasteiger partial charge in [0.25, 0.3) is 16.0 Å². The Morgan fingerprint density at radius 3 is 2.53 bits per heavy atom. The molecule has 198 valence electrons. The van der Waals surface area contributed by atoms with Crippen molar-refractivity contribution in [3.8, 4) is 5.75 Å². The molecule has 0 atom stereocenters. The van der Waals surface area contributed by atoms with Crippen molar-refractivity contribution in [2.45, 2.75) is 26.1 Å². The Labute approximate surface area is 216 Å². The fourth-order valence-corrected chi connectivity index (χ4v) is 4.97. The van der Waals surface area contributed by atoms with Gasteiger partial charge >= 0.3 is 0 Å². The number of aryl methyl sites for hydroxylation is 2. The number of piperazine rings is 1. The Kier molecular flexibility index (Phi) is 10.1. The molecule has 2 aromatic carbocycles. The third-order valence-corrected chi connectivity index (χ3v) is 7.15. The lowest BCUT2D eigenvalue weighted by molar-refractivity contribution is -0.135. The number of nitrogens with zero attached hydrogens (tertiary/aromatic N) is 2. The minimum absolute atomic E-state index is 0.170. The van der Waals surface area contributed by atoms with Crippen LogP contribution in [0.4, 0.5) is 4.39 Å².